The van der Waals surface area contributed by atoms with Gasteiger partial charge in [-0.3, -0.25) is 0 Å². The van der Waals surface area contributed by atoms with Gasteiger partial charge in [0, 0.05) is 0 Å². The molecule has 0 amide bonds. The predicted molar refractivity (Wildman–Crippen MR) is 204 cm³/mol. The summed E-state index contributed by atoms with van der Waals surface area (Å²) in [5, 5.41) is 13.8. The van der Waals surface area contributed by atoms with Gasteiger partial charge in [-0.25, -0.2) is 0 Å². The van der Waals surface area contributed by atoms with E-state index in [0.717, 1.165) is 0 Å². The van der Waals surface area contributed by atoms with Gasteiger partial charge in [0.25, 0.3) is 0 Å². The Labute approximate surface area is 294 Å². The van der Waals surface area contributed by atoms with Crippen molar-refractivity contribution in [3.05, 3.63) is 159 Å². The molecule has 0 spiro atoms. The van der Waals surface area contributed by atoms with E-state index in [2.05, 4.69) is 160 Å². The molecule has 0 bridgehead atoms. The Hall–Kier alpha value is -3.84. The van der Waals surface area contributed by atoms with Crippen LogP contribution in [0.2, 0.25) is 13.1 Å². The standard InChI is InChI=1S/C42H34Si.2CH3.Zr/c1-27-25-31-17-11-23-37(41(31)39(27)35-21-9-15-29-13-5-7-19-33(29)35)43(3,4)38-24-12-18-32-26-28(2)40(42(32)38)36-22-10-16-30-14-6-8-20-34(30)36;;;/h5-26H,1-4H3;2*1H3;/q-2;2*-1;+4. The maximum Gasteiger partial charge on any atom is 4.00 e. The Bertz CT molecular complexity index is 2170. The van der Waals surface area contributed by atoms with Crippen LogP contribution >= 0.6 is 0 Å². The Kier molecular flexibility index (Phi) is 9.29. The first kappa shape index (κ1) is 33.5. The van der Waals surface area contributed by atoms with Crippen molar-refractivity contribution in [2.24, 2.45) is 0 Å². The fourth-order valence-electron chi connectivity index (χ4n) is 7.71. The minimum absolute atomic E-state index is 0. The minimum atomic E-state index is -2.22. The van der Waals surface area contributed by atoms with Crippen molar-refractivity contribution < 1.29 is 26.2 Å². The number of hydrogen-bond acceptors (Lipinski definition) is 0. The molecule has 46 heavy (non-hydrogen) atoms. The van der Waals surface area contributed by atoms with Crippen LogP contribution in [0.1, 0.15) is 11.1 Å². The minimum Gasteiger partial charge on any atom is -0.358 e. The summed E-state index contributed by atoms with van der Waals surface area (Å²) in [6, 6.07) is 49.9. The van der Waals surface area contributed by atoms with Crippen LogP contribution in [0.5, 0.6) is 0 Å². The monoisotopic (exact) mass is 686 g/mol. The summed E-state index contributed by atoms with van der Waals surface area (Å²) < 4.78 is 0. The predicted octanol–water partition coefficient (Wildman–Crippen LogP) is 11.4. The molecule has 0 aliphatic rings. The van der Waals surface area contributed by atoms with Crippen molar-refractivity contribution in [1.82, 2.24) is 0 Å². The number of hydrogen-bond donors (Lipinski definition) is 0. The first-order valence-corrected chi connectivity index (χ1v) is 18.3. The molecular formula is C44H40SiZr. The van der Waals surface area contributed by atoms with Crippen LogP contribution in [0.4, 0.5) is 0 Å². The largest absolute Gasteiger partial charge is 4.00 e. The molecule has 0 N–H and O–H groups in total. The number of benzene rings is 6. The second-order valence-corrected chi connectivity index (χ2v) is 17.0. The van der Waals surface area contributed by atoms with Crippen molar-refractivity contribution in [3.63, 3.8) is 0 Å². The summed E-state index contributed by atoms with van der Waals surface area (Å²) in [7, 11) is -2.22. The van der Waals surface area contributed by atoms with Crippen LogP contribution < -0.4 is 10.4 Å². The Morgan fingerprint density at radius 2 is 0.826 bits per heavy atom. The third kappa shape index (κ3) is 5.07. The Balaban J connectivity index is 0.00000139. The van der Waals surface area contributed by atoms with Crippen LogP contribution in [0.15, 0.2) is 133 Å². The van der Waals surface area contributed by atoms with Crippen molar-refractivity contribution in [2.75, 3.05) is 0 Å². The zero-order valence-electron chi connectivity index (χ0n) is 27.7. The van der Waals surface area contributed by atoms with Gasteiger partial charge in [0.1, 0.15) is 0 Å². The molecule has 0 saturated carbocycles. The maximum absolute atomic E-state index is 2.56. The van der Waals surface area contributed by atoms with E-state index in [9.17, 15) is 0 Å². The SMILES string of the molecule is Cc1[cH-]c2cccc([Si](C)(C)c3cccc4[cH-]c(C)c(-c5cccc6ccccc56)c34)c2c1-c1cccc2ccccc12.[CH3-].[CH3-].[Zr+4]. The van der Waals surface area contributed by atoms with Crippen LogP contribution in [-0.4, -0.2) is 8.07 Å². The molecule has 8 rings (SSSR count). The van der Waals surface area contributed by atoms with Crippen molar-refractivity contribution in [2.45, 2.75) is 26.9 Å². The van der Waals surface area contributed by atoms with E-state index in [1.165, 1.54) is 86.8 Å². The quantitative estimate of drug-likeness (QED) is 0.128. The normalized spacial score (nSPS) is 11.4. The molecule has 0 fully saturated rings. The average molecular weight is 688 g/mol. The smallest absolute Gasteiger partial charge is 0.358 e. The zero-order chi connectivity index (χ0) is 29.3. The summed E-state index contributed by atoms with van der Waals surface area (Å²) in [5.41, 5.74) is 8.15. The first-order valence-electron chi connectivity index (χ1n) is 15.3. The molecule has 0 heterocycles. The van der Waals surface area contributed by atoms with Gasteiger partial charge in [0.05, 0.1) is 8.07 Å². The van der Waals surface area contributed by atoms with Gasteiger partial charge in [-0.1, -0.05) is 146 Å². The number of rotatable bonds is 4. The molecule has 0 atom stereocenters. The van der Waals surface area contributed by atoms with Gasteiger partial charge in [0.15, 0.2) is 0 Å². The van der Waals surface area contributed by atoms with E-state index in [4.69, 9.17) is 0 Å². The number of fused-ring (bicyclic) bond motifs is 4. The second kappa shape index (κ2) is 12.7. The van der Waals surface area contributed by atoms with Crippen molar-refractivity contribution >= 4 is 61.5 Å². The topological polar surface area (TPSA) is 0 Å². The third-order valence-electron chi connectivity index (χ3n) is 9.69. The molecule has 0 saturated heterocycles. The molecule has 0 radical (unpaired) electrons. The molecule has 2 heteroatoms. The Morgan fingerprint density at radius 3 is 1.26 bits per heavy atom. The van der Waals surface area contributed by atoms with Gasteiger partial charge < -0.3 is 14.9 Å². The molecule has 8 aromatic carbocycles. The third-order valence-corrected chi connectivity index (χ3v) is 13.2. The zero-order valence-corrected chi connectivity index (χ0v) is 31.2. The van der Waals surface area contributed by atoms with E-state index in [1.54, 1.807) is 0 Å². The maximum atomic E-state index is 2.56. The summed E-state index contributed by atoms with van der Waals surface area (Å²) in [6.07, 6.45) is 0. The molecule has 0 aliphatic heterocycles. The van der Waals surface area contributed by atoms with E-state index in [-0.39, 0.29) is 41.1 Å². The van der Waals surface area contributed by atoms with Crippen LogP contribution in [0.3, 0.4) is 0 Å². The fraction of sp³-hybridized carbons (Fsp3) is 0.0909. The van der Waals surface area contributed by atoms with E-state index < -0.39 is 8.07 Å². The summed E-state index contributed by atoms with van der Waals surface area (Å²) in [6.45, 7) is 9.69. The Morgan fingerprint density at radius 1 is 0.457 bits per heavy atom. The first-order chi connectivity index (χ1) is 20.9. The van der Waals surface area contributed by atoms with E-state index in [0.29, 0.717) is 0 Å². The molecule has 0 nitrogen and oxygen atoms in total. The number of aryl methyl sites for hydroxylation is 2. The summed E-state index contributed by atoms with van der Waals surface area (Å²) in [5.74, 6) is 0. The van der Waals surface area contributed by atoms with Crippen molar-refractivity contribution in [1.29, 1.82) is 0 Å². The van der Waals surface area contributed by atoms with E-state index >= 15 is 0 Å². The average Bonchev–Trinajstić information content (AvgIpc) is 3.55. The van der Waals surface area contributed by atoms with Gasteiger partial charge in [0.2, 0.25) is 0 Å². The van der Waals surface area contributed by atoms with Gasteiger partial charge >= 0.3 is 26.2 Å². The van der Waals surface area contributed by atoms with Gasteiger partial charge in [-0.05, 0) is 21.5 Å². The van der Waals surface area contributed by atoms with Crippen molar-refractivity contribution in [3.8, 4) is 22.3 Å². The van der Waals surface area contributed by atoms with E-state index in [1.807, 2.05) is 0 Å². The van der Waals surface area contributed by atoms with Crippen LogP contribution in [-0.2, 0) is 26.2 Å². The fourth-order valence-corrected chi connectivity index (χ4v) is 10.8. The van der Waals surface area contributed by atoms with Gasteiger partial charge in [-0.15, -0.1) is 80.2 Å². The molecule has 0 unspecified atom stereocenters. The van der Waals surface area contributed by atoms with Crippen LogP contribution in [0.25, 0.3) is 65.3 Å². The summed E-state index contributed by atoms with van der Waals surface area (Å²) >= 11 is 0. The van der Waals surface area contributed by atoms with Crippen LogP contribution in [0, 0.1) is 28.7 Å². The molecule has 0 aromatic heterocycles. The molecule has 224 valence electrons. The van der Waals surface area contributed by atoms with Gasteiger partial charge in [-0.2, -0.15) is 0 Å². The molecular weight excluding hydrogens is 648 g/mol. The second-order valence-electron chi connectivity index (χ2n) is 12.6. The molecule has 8 aromatic rings. The molecule has 0 aliphatic carbocycles. The summed E-state index contributed by atoms with van der Waals surface area (Å²) in [4.78, 5) is 0.